The Morgan fingerprint density at radius 2 is 1.96 bits per heavy atom. The predicted molar refractivity (Wildman–Crippen MR) is 103 cm³/mol. The van der Waals surface area contributed by atoms with Gasteiger partial charge in [0.25, 0.3) is 0 Å². The third kappa shape index (κ3) is 2.54. The molecule has 1 aromatic carbocycles. The third-order valence-electron chi connectivity index (χ3n) is 6.47. The average molecular weight is 369 g/mol. The summed E-state index contributed by atoms with van der Waals surface area (Å²) < 4.78 is 0. The Labute approximate surface area is 158 Å². The van der Waals surface area contributed by atoms with Gasteiger partial charge in [0.15, 0.2) is 0 Å². The Hall–Kier alpha value is -1.95. The summed E-state index contributed by atoms with van der Waals surface area (Å²) in [5.74, 6) is 0.380. The van der Waals surface area contributed by atoms with Gasteiger partial charge >= 0.3 is 0 Å². The van der Waals surface area contributed by atoms with Crippen molar-refractivity contribution < 1.29 is 4.79 Å². The van der Waals surface area contributed by atoms with Gasteiger partial charge in [-0.05, 0) is 37.3 Å². The largest absolute Gasteiger partial charge is 0.325 e. The third-order valence-corrected chi connectivity index (χ3v) is 7.42. The Kier molecular flexibility index (Phi) is 4.06. The van der Waals surface area contributed by atoms with E-state index < -0.39 is 0 Å². The summed E-state index contributed by atoms with van der Waals surface area (Å²) >= 11 is 1.37. The molecule has 1 fully saturated rings. The van der Waals surface area contributed by atoms with Crippen LogP contribution in [0.25, 0.3) is 0 Å². The van der Waals surface area contributed by atoms with E-state index in [0.29, 0.717) is 11.1 Å². The first-order valence-electron chi connectivity index (χ1n) is 9.10. The van der Waals surface area contributed by atoms with Gasteiger partial charge in [-0.2, -0.15) is 5.10 Å². The summed E-state index contributed by atoms with van der Waals surface area (Å²) in [6.45, 7) is 8.79. The van der Waals surface area contributed by atoms with E-state index in [0.717, 1.165) is 29.9 Å². The molecule has 0 unspecified atom stereocenters. The number of anilines is 1. The number of benzene rings is 1. The molecule has 1 aromatic heterocycles. The number of amides is 1. The van der Waals surface area contributed by atoms with E-state index in [2.05, 4.69) is 36.3 Å². The molecular formula is C20H24N4OS. The standard InChI is InChI=1S/C20H24N4OS/c1-12(17(25)21-13-8-6-5-7-9-13)26-18-22-15-14-10-11-20(4,19(14,2)3)16(15)23-24-18/h5-9,12,14H,10-11H2,1-4H3,(H,21,25)/t12-,14-,20-/m0/s1. The van der Waals surface area contributed by atoms with Crippen molar-refractivity contribution in [3.05, 3.63) is 41.7 Å². The predicted octanol–water partition coefficient (Wildman–Crippen LogP) is 4.17. The number of nitrogens with one attached hydrogen (secondary N) is 1. The van der Waals surface area contributed by atoms with Crippen LogP contribution in [-0.4, -0.2) is 26.3 Å². The number of carbonyl (C=O) groups is 1. The van der Waals surface area contributed by atoms with E-state index in [1.807, 2.05) is 37.3 Å². The van der Waals surface area contributed by atoms with E-state index in [1.165, 1.54) is 11.8 Å². The van der Waals surface area contributed by atoms with Crippen LogP contribution in [0.4, 0.5) is 5.69 Å². The fraction of sp³-hybridized carbons (Fsp3) is 0.500. The molecular weight excluding hydrogens is 344 g/mol. The second-order valence-electron chi connectivity index (χ2n) is 8.09. The number of aromatic nitrogens is 3. The van der Waals surface area contributed by atoms with E-state index in [4.69, 9.17) is 4.98 Å². The second-order valence-corrected chi connectivity index (χ2v) is 9.40. The summed E-state index contributed by atoms with van der Waals surface area (Å²) in [6.07, 6.45) is 2.31. The number of nitrogens with zero attached hydrogens (tertiary/aromatic N) is 3. The molecule has 0 saturated heterocycles. The Balaban J connectivity index is 1.51. The lowest BCUT2D eigenvalue weighted by Crippen LogP contribution is -2.32. The number of carbonyl (C=O) groups excluding carboxylic acids is 1. The zero-order valence-electron chi connectivity index (χ0n) is 15.6. The van der Waals surface area contributed by atoms with E-state index in [1.54, 1.807) is 0 Å². The molecule has 1 heterocycles. The van der Waals surface area contributed by atoms with Gasteiger partial charge in [-0.3, -0.25) is 4.79 Å². The Morgan fingerprint density at radius 1 is 1.23 bits per heavy atom. The lowest BCUT2D eigenvalue weighted by molar-refractivity contribution is -0.115. The van der Waals surface area contributed by atoms with E-state index in [9.17, 15) is 4.79 Å². The van der Waals surface area contributed by atoms with Crippen LogP contribution >= 0.6 is 11.8 Å². The summed E-state index contributed by atoms with van der Waals surface area (Å²) in [4.78, 5) is 17.2. The molecule has 4 rings (SSSR count). The fourth-order valence-corrected chi connectivity index (χ4v) is 5.11. The monoisotopic (exact) mass is 368 g/mol. The van der Waals surface area contributed by atoms with Crippen LogP contribution in [0.2, 0.25) is 0 Å². The number of thioether (sulfide) groups is 1. The van der Waals surface area contributed by atoms with Crippen LogP contribution in [0.3, 0.4) is 0 Å². The molecule has 5 nitrogen and oxygen atoms in total. The Morgan fingerprint density at radius 3 is 2.69 bits per heavy atom. The van der Waals surface area contributed by atoms with Crippen molar-refractivity contribution in [2.24, 2.45) is 5.41 Å². The summed E-state index contributed by atoms with van der Waals surface area (Å²) in [5.41, 5.74) is 3.18. The minimum absolute atomic E-state index is 0.0564. The highest BCUT2D eigenvalue weighted by Gasteiger charge is 2.61. The van der Waals surface area contributed by atoms with Crippen molar-refractivity contribution >= 4 is 23.4 Å². The minimum atomic E-state index is -0.294. The number of hydrogen-bond donors (Lipinski definition) is 1. The van der Waals surface area contributed by atoms with Crippen molar-refractivity contribution in [2.45, 2.75) is 62.3 Å². The first-order chi connectivity index (χ1) is 12.3. The molecule has 0 spiro atoms. The molecule has 6 heteroatoms. The average Bonchev–Trinajstić information content (AvgIpc) is 2.94. The van der Waals surface area contributed by atoms with Crippen molar-refractivity contribution in [2.75, 3.05) is 5.32 Å². The number of rotatable bonds is 4. The second kappa shape index (κ2) is 6.05. The van der Waals surface area contributed by atoms with Gasteiger partial charge < -0.3 is 5.32 Å². The molecule has 1 saturated carbocycles. The van der Waals surface area contributed by atoms with Crippen molar-refractivity contribution in [3.63, 3.8) is 0 Å². The quantitative estimate of drug-likeness (QED) is 0.821. The highest BCUT2D eigenvalue weighted by Crippen LogP contribution is 2.66. The van der Waals surface area contributed by atoms with Crippen molar-refractivity contribution in [3.8, 4) is 0 Å². The van der Waals surface area contributed by atoms with Crippen LogP contribution in [-0.2, 0) is 10.2 Å². The number of fused-ring (bicyclic) bond motifs is 5. The molecule has 0 aliphatic heterocycles. The maximum absolute atomic E-state index is 12.4. The van der Waals surface area contributed by atoms with Gasteiger partial charge in [-0.25, -0.2) is 4.98 Å². The van der Waals surface area contributed by atoms with Crippen LogP contribution in [0.5, 0.6) is 0 Å². The van der Waals surface area contributed by atoms with E-state index >= 15 is 0 Å². The zero-order valence-corrected chi connectivity index (χ0v) is 16.4. The first-order valence-corrected chi connectivity index (χ1v) is 9.98. The molecule has 2 aliphatic carbocycles. The molecule has 0 radical (unpaired) electrons. The highest BCUT2D eigenvalue weighted by atomic mass is 32.2. The van der Waals surface area contributed by atoms with Gasteiger partial charge in [0.1, 0.15) is 0 Å². The highest BCUT2D eigenvalue weighted by molar-refractivity contribution is 8.00. The summed E-state index contributed by atoms with van der Waals surface area (Å²) in [7, 11) is 0. The molecule has 2 aromatic rings. The lowest BCUT2D eigenvalue weighted by Gasteiger charge is -2.33. The lowest BCUT2D eigenvalue weighted by atomic mass is 9.70. The van der Waals surface area contributed by atoms with Gasteiger partial charge in [0.05, 0.1) is 16.6 Å². The summed E-state index contributed by atoms with van der Waals surface area (Å²) in [6, 6.07) is 9.48. The smallest absolute Gasteiger partial charge is 0.237 e. The molecule has 136 valence electrons. The van der Waals surface area contributed by atoms with Crippen LogP contribution < -0.4 is 5.32 Å². The minimum Gasteiger partial charge on any atom is -0.325 e. The van der Waals surface area contributed by atoms with Gasteiger partial charge in [-0.1, -0.05) is 50.7 Å². The zero-order chi connectivity index (χ0) is 18.5. The van der Waals surface area contributed by atoms with Gasteiger partial charge in [0.2, 0.25) is 11.1 Å². The van der Waals surface area contributed by atoms with Crippen molar-refractivity contribution in [1.29, 1.82) is 0 Å². The number of hydrogen-bond acceptors (Lipinski definition) is 5. The SMILES string of the molecule is C[C@H](Sc1nnc2c(n1)[C@@H]1CC[C@]2(C)C1(C)C)C(=O)Nc1ccccc1. The van der Waals surface area contributed by atoms with Crippen LogP contribution in [0, 0.1) is 5.41 Å². The molecule has 3 atom stereocenters. The van der Waals surface area contributed by atoms with Gasteiger partial charge in [-0.15, -0.1) is 5.10 Å². The van der Waals surface area contributed by atoms with Crippen molar-refractivity contribution in [1.82, 2.24) is 15.2 Å². The Bertz CT molecular complexity index is 854. The molecule has 1 N–H and O–H groups in total. The molecule has 1 amide bonds. The van der Waals surface area contributed by atoms with Crippen LogP contribution in [0.1, 0.15) is 57.8 Å². The van der Waals surface area contributed by atoms with Crippen LogP contribution in [0.15, 0.2) is 35.5 Å². The fourth-order valence-electron chi connectivity index (χ4n) is 4.39. The molecule has 2 aliphatic rings. The summed E-state index contributed by atoms with van der Waals surface area (Å²) in [5, 5.41) is 12.1. The first kappa shape index (κ1) is 17.5. The normalized spacial score (nSPS) is 26.4. The van der Waals surface area contributed by atoms with E-state index in [-0.39, 0.29) is 22.0 Å². The maximum atomic E-state index is 12.4. The van der Waals surface area contributed by atoms with Gasteiger partial charge in [0, 0.05) is 17.0 Å². The molecule has 26 heavy (non-hydrogen) atoms. The number of para-hydroxylation sites is 1. The molecule has 2 bridgehead atoms. The maximum Gasteiger partial charge on any atom is 0.237 e. The topological polar surface area (TPSA) is 67.8 Å².